The average Bonchev–Trinajstić information content (AvgIpc) is 2.65. The third-order valence-electron chi connectivity index (χ3n) is 3.40. The molecule has 0 unspecified atom stereocenters. The summed E-state index contributed by atoms with van der Waals surface area (Å²) >= 11 is 3.21. The van der Waals surface area contributed by atoms with Crippen molar-refractivity contribution in [3.63, 3.8) is 0 Å². The summed E-state index contributed by atoms with van der Waals surface area (Å²) in [6.45, 7) is 2.15. The van der Waals surface area contributed by atoms with Crippen LogP contribution in [0.15, 0.2) is 44.8 Å². The number of phenols is 1. The highest BCUT2D eigenvalue weighted by Crippen LogP contribution is 2.35. The quantitative estimate of drug-likeness (QED) is 0.465. The lowest BCUT2D eigenvalue weighted by molar-refractivity contribution is 0.317. The standard InChI is InChI=1S/C17H19BrN2O6S/c1-4-26-15-8-11(7-13(18)17(15)21)10-19-20-27(22,23)16-9-12(24-2)5-6-14(16)25-3/h5-10,20-21H,4H2,1-3H3/b19-10+. The van der Waals surface area contributed by atoms with Gasteiger partial charge in [-0.15, -0.1) is 0 Å². The molecule has 0 atom stereocenters. The molecule has 8 nitrogen and oxygen atoms in total. The Bertz CT molecular complexity index is 947. The largest absolute Gasteiger partial charge is 0.503 e. The number of rotatable bonds is 8. The molecule has 2 rings (SSSR count). The van der Waals surface area contributed by atoms with Crippen molar-refractivity contribution < 1.29 is 27.7 Å². The van der Waals surface area contributed by atoms with E-state index in [2.05, 4.69) is 25.9 Å². The summed E-state index contributed by atoms with van der Waals surface area (Å²) in [7, 11) is -1.19. The number of nitrogens with one attached hydrogen (secondary N) is 1. The predicted molar refractivity (Wildman–Crippen MR) is 104 cm³/mol. The van der Waals surface area contributed by atoms with Gasteiger partial charge in [-0.3, -0.25) is 0 Å². The van der Waals surface area contributed by atoms with Gasteiger partial charge in [0.1, 0.15) is 16.4 Å². The summed E-state index contributed by atoms with van der Waals surface area (Å²) in [5.74, 6) is 0.731. The van der Waals surface area contributed by atoms with E-state index in [1.165, 1.54) is 38.6 Å². The van der Waals surface area contributed by atoms with Gasteiger partial charge in [0.2, 0.25) is 0 Å². The number of aromatic hydroxyl groups is 1. The second-order valence-electron chi connectivity index (χ2n) is 5.15. The van der Waals surface area contributed by atoms with Gasteiger partial charge in [-0.1, -0.05) is 0 Å². The van der Waals surface area contributed by atoms with Crippen LogP contribution in [0.2, 0.25) is 0 Å². The maximum Gasteiger partial charge on any atom is 0.280 e. The van der Waals surface area contributed by atoms with Crippen LogP contribution in [0.5, 0.6) is 23.0 Å². The van der Waals surface area contributed by atoms with E-state index in [0.717, 1.165) is 0 Å². The van der Waals surface area contributed by atoms with Gasteiger partial charge in [-0.25, -0.2) is 0 Å². The molecule has 2 N–H and O–H groups in total. The van der Waals surface area contributed by atoms with Crippen molar-refractivity contribution in [3.05, 3.63) is 40.4 Å². The summed E-state index contributed by atoms with van der Waals surface area (Å²) in [4.78, 5) is 2.01. The normalized spacial score (nSPS) is 11.4. The Hall–Kier alpha value is -2.46. The summed E-state index contributed by atoms with van der Waals surface area (Å²) < 4.78 is 40.9. The maximum atomic E-state index is 12.5. The molecule has 0 amide bonds. The number of hydrogen-bond donors (Lipinski definition) is 2. The molecule has 0 radical (unpaired) electrons. The summed E-state index contributed by atoms with van der Waals surface area (Å²) in [5.41, 5.74) is 0.517. The van der Waals surface area contributed by atoms with Gasteiger partial charge in [-0.2, -0.15) is 18.4 Å². The third-order valence-corrected chi connectivity index (χ3v) is 5.25. The topological polar surface area (TPSA) is 106 Å². The van der Waals surface area contributed by atoms with Crippen molar-refractivity contribution in [3.8, 4) is 23.0 Å². The summed E-state index contributed by atoms with van der Waals surface area (Å²) in [5, 5.41) is 13.7. The fourth-order valence-electron chi connectivity index (χ4n) is 2.15. The maximum absolute atomic E-state index is 12.5. The highest BCUT2D eigenvalue weighted by atomic mass is 79.9. The average molecular weight is 459 g/mol. The SMILES string of the molecule is CCOc1cc(/C=N/NS(=O)(=O)c2cc(OC)ccc2OC)cc(Br)c1O. The second-order valence-corrected chi connectivity index (χ2v) is 7.64. The minimum Gasteiger partial charge on any atom is -0.503 e. The van der Waals surface area contributed by atoms with Gasteiger partial charge in [0.05, 0.1) is 31.5 Å². The molecule has 2 aromatic rings. The first-order valence-electron chi connectivity index (χ1n) is 7.74. The van der Waals surface area contributed by atoms with Gasteiger partial charge in [0.15, 0.2) is 11.5 Å². The van der Waals surface area contributed by atoms with Gasteiger partial charge < -0.3 is 19.3 Å². The van der Waals surface area contributed by atoms with Crippen molar-refractivity contribution >= 4 is 32.2 Å². The Morgan fingerprint density at radius 3 is 2.56 bits per heavy atom. The van der Waals surface area contributed by atoms with E-state index in [9.17, 15) is 13.5 Å². The van der Waals surface area contributed by atoms with E-state index in [1.54, 1.807) is 19.1 Å². The molecule has 0 aliphatic carbocycles. The number of hydrazone groups is 1. The van der Waals surface area contributed by atoms with Crippen LogP contribution in [0.3, 0.4) is 0 Å². The second kappa shape index (κ2) is 8.96. The number of sulfonamides is 1. The Labute approximate surface area is 165 Å². The van der Waals surface area contributed by atoms with Crippen LogP contribution in [-0.4, -0.2) is 40.6 Å². The first-order chi connectivity index (χ1) is 12.8. The van der Waals surface area contributed by atoms with Crippen molar-refractivity contribution in [1.82, 2.24) is 4.83 Å². The first-order valence-corrected chi connectivity index (χ1v) is 10.0. The highest BCUT2D eigenvalue weighted by Gasteiger charge is 2.20. The van der Waals surface area contributed by atoms with Gasteiger partial charge in [0, 0.05) is 6.07 Å². The zero-order chi connectivity index (χ0) is 20.0. The van der Waals surface area contributed by atoms with E-state index in [-0.39, 0.29) is 22.1 Å². The van der Waals surface area contributed by atoms with E-state index < -0.39 is 10.0 Å². The van der Waals surface area contributed by atoms with Crippen molar-refractivity contribution in [2.45, 2.75) is 11.8 Å². The minimum absolute atomic E-state index is 0.0457. The highest BCUT2D eigenvalue weighted by molar-refractivity contribution is 9.10. The molecule has 0 saturated carbocycles. The number of ether oxygens (including phenoxy) is 3. The zero-order valence-electron chi connectivity index (χ0n) is 14.9. The Balaban J connectivity index is 2.28. The fraction of sp³-hybridized carbons (Fsp3) is 0.235. The fourth-order valence-corrected chi connectivity index (χ4v) is 3.58. The van der Waals surface area contributed by atoms with E-state index in [0.29, 0.717) is 22.4 Å². The summed E-state index contributed by atoms with van der Waals surface area (Å²) in [6, 6.07) is 7.52. The Morgan fingerprint density at radius 1 is 1.19 bits per heavy atom. The van der Waals surface area contributed by atoms with Gasteiger partial charge >= 0.3 is 0 Å². The molecule has 0 spiro atoms. The molecule has 10 heteroatoms. The van der Waals surface area contributed by atoms with Crippen LogP contribution in [0.25, 0.3) is 0 Å². The predicted octanol–water partition coefficient (Wildman–Crippen LogP) is 2.88. The van der Waals surface area contributed by atoms with Crippen molar-refractivity contribution in [1.29, 1.82) is 0 Å². The Kier molecular flexibility index (Phi) is 6.92. The summed E-state index contributed by atoms with van der Waals surface area (Å²) in [6.07, 6.45) is 1.29. The van der Waals surface area contributed by atoms with Crippen LogP contribution < -0.4 is 19.0 Å². The lowest BCUT2D eigenvalue weighted by Gasteiger charge is -2.11. The monoisotopic (exact) mass is 458 g/mol. The van der Waals surface area contributed by atoms with E-state index >= 15 is 0 Å². The molecule has 0 aromatic heterocycles. The Morgan fingerprint density at radius 2 is 1.93 bits per heavy atom. The van der Waals surface area contributed by atoms with Crippen LogP contribution in [0.1, 0.15) is 12.5 Å². The van der Waals surface area contributed by atoms with Gasteiger partial charge in [-0.05, 0) is 52.7 Å². The molecule has 0 aliphatic rings. The number of phenolic OH excluding ortho intramolecular Hbond substituents is 1. The molecule has 0 saturated heterocycles. The van der Waals surface area contributed by atoms with Gasteiger partial charge in [0.25, 0.3) is 10.0 Å². The van der Waals surface area contributed by atoms with E-state index in [1.807, 2.05) is 0 Å². The van der Waals surface area contributed by atoms with Crippen LogP contribution in [0.4, 0.5) is 0 Å². The lowest BCUT2D eigenvalue weighted by Crippen LogP contribution is -2.19. The molecule has 2 aromatic carbocycles. The number of hydrogen-bond acceptors (Lipinski definition) is 7. The first kappa shape index (κ1) is 20.8. The van der Waals surface area contributed by atoms with E-state index in [4.69, 9.17) is 14.2 Å². The van der Waals surface area contributed by atoms with Crippen LogP contribution in [0, 0.1) is 0 Å². The molecule has 0 bridgehead atoms. The molecule has 0 aliphatic heterocycles. The van der Waals surface area contributed by atoms with Crippen molar-refractivity contribution in [2.75, 3.05) is 20.8 Å². The smallest absolute Gasteiger partial charge is 0.280 e. The lowest BCUT2D eigenvalue weighted by atomic mass is 10.2. The minimum atomic E-state index is -3.99. The molecule has 27 heavy (non-hydrogen) atoms. The van der Waals surface area contributed by atoms with Crippen LogP contribution in [-0.2, 0) is 10.0 Å². The van der Waals surface area contributed by atoms with Crippen molar-refractivity contribution in [2.24, 2.45) is 5.10 Å². The molecular formula is C17H19BrN2O6S. The number of methoxy groups -OCH3 is 2. The van der Waals surface area contributed by atoms with Crippen LogP contribution >= 0.6 is 15.9 Å². The molecule has 0 heterocycles. The molecule has 0 fully saturated rings. The zero-order valence-corrected chi connectivity index (χ0v) is 17.3. The number of halogens is 1. The molecular weight excluding hydrogens is 440 g/mol. The number of nitrogens with zero attached hydrogens (tertiary/aromatic N) is 1. The molecule has 146 valence electrons. The number of benzene rings is 2. The third kappa shape index (κ3) is 5.04.